The van der Waals surface area contributed by atoms with E-state index >= 15 is 0 Å². The van der Waals surface area contributed by atoms with Gasteiger partial charge in [0, 0.05) is 30.4 Å². The number of nitrogens with zero attached hydrogens (tertiary/aromatic N) is 3. The Morgan fingerprint density at radius 1 is 0.931 bits per heavy atom. The first-order valence-corrected chi connectivity index (χ1v) is 9.64. The zero-order chi connectivity index (χ0) is 20.4. The van der Waals surface area contributed by atoms with Crippen molar-refractivity contribution in [1.82, 2.24) is 0 Å². The van der Waals surface area contributed by atoms with E-state index < -0.39 is 0 Å². The molecule has 0 spiro atoms. The van der Waals surface area contributed by atoms with Gasteiger partial charge in [0.15, 0.2) is 0 Å². The Kier molecular flexibility index (Phi) is 5.19. The molecule has 1 heterocycles. The van der Waals surface area contributed by atoms with Crippen LogP contribution in [-0.4, -0.2) is 25.8 Å². The van der Waals surface area contributed by atoms with Gasteiger partial charge in [0.2, 0.25) is 0 Å². The van der Waals surface area contributed by atoms with Gasteiger partial charge in [-0.25, -0.2) is 4.99 Å². The Bertz CT molecular complexity index is 1110. The predicted octanol–water partition coefficient (Wildman–Crippen LogP) is 5.24. The van der Waals surface area contributed by atoms with Gasteiger partial charge in [-0.3, -0.25) is 9.69 Å². The molecule has 0 saturated carbocycles. The number of hydrogen-bond donors (Lipinski definition) is 0. The molecule has 4 rings (SSSR count). The summed E-state index contributed by atoms with van der Waals surface area (Å²) >= 11 is 6.46. The van der Waals surface area contributed by atoms with Gasteiger partial charge in [0.25, 0.3) is 5.91 Å². The molecule has 0 bridgehead atoms. The van der Waals surface area contributed by atoms with Crippen LogP contribution in [0.25, 0.3) is 6.08 Å². The predicted molar refractivity (Wildman–Crippen MR) is 121 cm³/mol. The van der Waals surface area contributed by atoms with Gasteiger partial charge in [-0.2, -0.15) is 0 Å². The number of hydrogen-bond acceptors (Lipinski definition) is 3. The van der Waals surface area contributed by atoms with Crippen LogP contribution in [0.1, 0.15) is 11.1 Å². The molecule has 3 aromatic rings. The Balaban J connectivity index is 1.80. The van der Waals surface area contributed by atoms with E-state index in [1.165, 1.54) is 0 Å². The number of amidine groups is 1. The van der Waals surface area contributed by atoms with Crippen molar-refractivity contribution in [3.05, 3.63) is 101 Å². The Labute approximate surface area is 175 Å². The lowest BCUT2D eigenvalue weighted by Crippen LogP contribution is -2.32. The molecular formula is C24H20ClN3O. The summed E-state index contributed by atoms with van der Waals surface area (Å²) in [5.41, 5.74) is 3.76. The number of carbonyl (C=O) groups is 1. The summed E-state index contributed by atoms with van der Waals surface area (Å²) in [4.78, 5) is 21.6. The maximum absolute atomic E-state index is 13.3. The van der Waals surface area contributed by atoms with E-state index in [2.05, 4.69) is 4.99 Å². The van der Waals surface area contributed by atoms with Gasteiger partial charge in [-0.15, -0.1) is 0 Å². The van der Waals surface area contributed by atoms with Crippen LogP contribution in [0.3, 0.4) is 0 Å². The van der Waals surface area contributed by atoms with Crippen molar-refractivity contribution in [2.75, 3.05) is 23.9 Å². The topological polar surface area (TPSA) is 35.9 Å². The summed E-state index contributed by atoms with van der Waals surface area (Å²) in [6.07, 6.45) is 1.75. The average molecular weight is 402 g/mol. The second-order valence-electron chi connectivity index (χ2n) is 6.91. The van der Waals surface area contributed by atoms with Gasteiger partial charge >= 0.3 is 0 Å². The highest BCUT2D eigenvalue weighted by Crippen LogP contribution is 2.30. The monoisotopic (exact) mass is 401 g/mol. The van der Waals surface area contributed by atoms with E-state index in [0.717, 1.165) is 22.5 Å². The molecule has 1 amide bonds. The number of carbonyl (C=O) groups excluding carboxylic acids is 1. The van der Waals surface area contributed by atoms with Crippen molar-refractivity contribution in [3.8, 4) is 0 Å². The molecule has 0 saturated heterocycles. The van der Waals surface area contributed by atoms with Crippen LogP contribution >= 0.6 is 11.6 Å². The Morgan fingerprint density at radius 2 is 1.59 bits per heavy atom. The minimum atomic E-state index is -0.178. The number of para-hydroxylation sites is 1. The third-order valence-corrected chi connectivity index (χ3v) is 5.03. The molecule has 5 heteroatoms. The smallest absolute Gasteiger partial charge is 0.282 e. The second kappa shape index (κ2) is 7.94. The van der Waals surface area contributed by atoms with Crippen molar-refractivity contribution >= 4 is 40.8 Å². The van der Waals surface area contributed by atoms with E-state index in [9.17, 15) is 4.79 Å². The lowest BCUT2D eigenvalue weighted by Gasteiger charge is -2.18. The number of benzene rings is 3. The lowest BCUT2D eigenvalue weighted by atomic mass is 10.1. The largest absolute Gasteiger partial charge is 0.378 e. The third kappa shape index (κ3) is 3.80. The van der Waals surface area contributed by atoms with Crippen molar-refractivity contribution in [2.45, 2.75) is 0 Å². The zero-order valence-electron chi connectivity index (χ0n) is 16.2. The zero-order valence-corrected chi connectivity index (χ0v) is 17.0. The molecule has 0 radical (unpaired) electrons. The molecule has 1 aliphatic heterocycles. The van der Waals surface area contributed by atoms with E-state index in [1.807, 2.05) is 97.9 Å². The van der Waals surface area contributed by atoms with Gasteiger partial charge < -0.3 is 4.90 Å². The molecular weight excluding hydrogens is 382 g/mol. The number of halogens is 1. The van der Waals surface area contributed by atoms with Crippen LogP contribution in [0, 0.1) is 0 Å². The van der Waals surface area contributed by atoms with Gasteiger partial charge in [-0.1, -0.05) is 66.2 Å². The van der Waals surface area contributed by atoms with E-state index in [4.69, 9.17) is 11.6 Å². The average Bonchev–Trinajstić information content (AvgIpc) is 3.07. The Morgan fingerprint density at radius 3 is 2.21 bits per heavy atom. The highest BCUT2D eigenvalue weighted by atomic mass is 35.5. The van der Waals surface area contributed by atoms with Crippen LogP contribution in [-0.2, 0) is 4.79 Å². The molecule has 4 nitrogen and oxygen atoms in total. The molecule has 0 aliphatic carbocycles. The summed E-state index contributed by atoms with van der Waals surface area (Å²) in [7, 11) is 3.91. The van der Waals surface area contributed by atoms with Crippen LogP contribution in [0.5, 0.6) is 0 Å². The van der Waals surface area contributed by atoms with Crippen LogP contribution in [0.2, 0.25) is 5.02 Å². The van der Waals surface area contributed by atoms with Crippen LogP contribution in [0.15, 0.2) is 89.6 Å². The fourth-order valence-electron chi connectivity index (χ4n) is 3.17. The molecule has 0 N–H and O–H groups in total. The minimum Gasteiger partial charge on any atom is -0.378 e. The van der Waals surface area contributed by atoms with Gasteiger partial charge in [0.05, 0.1) is 5.69 Å². The van der Waals surface area contributed by atoms with Gasteiger partial charge in [0.1, 0.15) is 11.5 Å². The fourth-order valence-corrected chi connectivity index (χ4v) is 3.40. The maximum Gasteiger partial charge on any atom is 0.282 e. The molecule has 29 heavy (non-hydrogen) atoms. The Hall–Kier alpha value is -3.37. The SMILES string of the molecule is CN(C)c1ccc(/C=C2\N=C(c3ccccc3)N(c3ccccc3)C2=O)c(Cl)c1. The highest BCUT2D eigenvalue weighted by Gasteiger charge is 2.32. The molecule has 1 aliphatic rings. The van der Waals surface area contributed by atoms with Crippen LogP contribution < -0.4 is 9.80 Å². The van der Waals surface area contributed by atoms with Crippen LogP contribution in [0.4, 0.5) is 11.4 Å². The number of rotatable bonds is 4. The molecule has 3 aromatic carbocycles. The van der Waals surface area contributed by atoms with Crippen molar-refractivity contribution < 1.29 is 4.79 Å². The summed E-state index contributed by atoms with van der Waals surface area (Å²) in [6, 6.07) is 25.0. The number of amides is 1. The normalized spacial score (nSPS) is 15.0. The highest BCUT2D eigenvalue weighted by molar-refractivity contribution is 6.34. The van der Waals surface area contributed by atoms with Crippen molar-refractivity contribution in [1.29, 1.82) is 0 Å². The number of anilines is 2. The minimum absolute atomic E-state index is 0.178. The first kappa shape index (κ1) is 19.0. The lowest BCUT2D eigenvalue weighted by molar-refractivity contribution is -0.113. The second-order valence-corrected chi connectivity index (χ2v) is 7.31. The molecule has 0 fully saturated rings. The summed E-state index contributed by atoms with van der Waals surface area (Å²) < 4.78 is 0. The quantitative estimate of drug-likeness (QED) is 0.560. The third-order valence-electron chi connectivity index (χ3n) is 4.70. The first-order valence-electron chi connectivity index (χ1n) is 9.27. The van der Waals surface area contributed by atoms with Crippen molar-refractivity contribution in [3.63, 3.8) is 0 Å². The number of aliphatic imine (C=N–C) groups is 1. The fraction of sp³-hybridized carbons (Fsp3) is 0.0833. The maximum atomic E-state index is 13.3. The molecule has 144 valence electrons. The molecule has 0 atom stereocenters. The van der Waals surface area contributed by atoms with E-state index in [0.29, 0.717) is 16.6 Å². The summed E-state index contributed by atoms with van der Waals surface area (Å²) in [6.45, 7) is 0. The van der Waals surface area contributed by atoms with E-state index in [1.54, 1.807) is 11.0 Å². The van der Waals surface area contributed by atoms with Gasteiger partial charge in [-0.05, 0) is 35.9 Å². The molecule has 0 aromatic heterocycles. The van der Waals surface area contributed by atoms with Crippen molar-refractivity contribution in [2.24, 2.45) is 4.99 Å². The summed E-state index contributed by atoms with van der Waals surface area (Å²) in [5.74, 6) is 0.428. The van der Waals surface area contributed by atoms with E-state index in [-0.39, 0.29) is 5.91 Å². The summed E-state index contributed by atoms with van der Waals surface area (Å²) in [5, 5.41) is 0.575. The first-order chi connectivity index (χ1) is 14.0. The molecule has 0 unspecified atom stereocenters. The standard InChI is InChI=1S/C24H20ClN3O/c1-27(2)20-14-13-18(21(25)16-20)15-22-24(29)28(19-11-7-4-8-12-19)23(26-22)17-9-5-3-6-10-17/h3-16H,1-2H3/b22-15-.